The number of thiophene rings is 1. The highest BCUT2D eigenvalue weighted by atomic mass is 35.5. The van der Waals surface area contributed by atoms with Crippen LogP contribution in [0.1, 0.15) is 34.7 Å². The van der Waals surface area contributed by atoms with Crippen LogP contribution in [0.15, 0.2) is 52.9 Å². The van der Waals surface area contributed by atoms with Crippen LogP contribution in [-0.2, 0) is 0 Å². The van der Waals surface area contributed by atoms with E-state index in [1.807, 2.05) is 41.4 Å². The minimum absolute atomic E-state index is 0.00218. The average Bonchev–Trinajstić information content (AvgIpc) is 3.47. The molecule has 2 atom stereocenters. The molecule has 1 aromatic heterocycles. The Morgan fingerprint density at radius 2 is 1.87 bits per heavy atom. The number of halogens is 1. The Hall–Kier alpha value is -2.90. The van der Waals surface area contributed by atoms with Crippen molar-refractivity contribution in [3.63, 3.8) is 0 Å². The van der Waals surface area contributed by atoms with Gasteiger partial charge in [-0.05, 0) is 41.8 Å². The van der Waals surface area contributed by atoms with Crippen LogP contribution in [0, 0.1) is 0 Å². The summed E-state index contributed by atoms with van der Waals surface area (Å²) in [6.07, 6.45) is 0.273. The van der Waals surface area contributed by atoms with Gasteiger partial charge in [-0.2, -0.15) is 5.10 Å². The van der Waals surface area contributed by atoms with Crippen molar-refractivity contribution in [3.05, 3.63) is 68.9 Å². The van der Waals surface area contributed by atoms with Crippen molar-refractivity contribution in [1.29, 1.82) is 0 Å². The monoisotopic (exact) mass is 456 g/mol. The summed E-state index contributed by atoms with van der Waals surface area (Å²) in [6.45, 7) is 0. The number of rotatable bonds is 5. The van der Waals surface area contributed by atoms with Crippen molar-refractivity contribution < 1.29 is 18.9 Å². The highest BCUT2D eigenvalue weighted by Crippen LogP contribution is 2.52. The highest BCUT2D eigenvalue weighted by Gasteiger charge is 2.43. The van der Waals surface area contributed by atoms with E-state index in [9.17, 15) is 0 Å². The first-order valence-electron chi connectivity index (χ1n) is 9.79. The zero-order valence-corrected chi connectivity index (χ0v) is 18.9. The molecule has 0 spiro atoms. The standard InChI is InChI=1S/C23H21ClN2O4S/c1-27-19-9-7-14(21(28-2)22(19)29-3)23-26-17(12-16(25-26)20-5-4-10-31-20)15-11-13(24)6-8-18(15)30-23/h4-11,17,23H,12H2,1-3H3/t17-,23+/m0/s1. The van der Waals surface area contributed by atoms with Crippen molar-refractivity contribution in [1.82, 2.24) is 5.01 Å². The van der Waals surface area contributed by atoms with Gasteiger partial charge in [-0.3, -0.25) is 0 Å². The highest BCUT2D eigenvalue weighted by molar-refractivity contribution is 7.12. The Labute approximate surface area is 189 Å². The number of benzene rings is 2. The predicted molar refractivity (Wildman–Crippen MR) is 121 cm³/mol. The van der Waals surface area contributed by atoms with Crippen LogP contribution in [0.3, 0.4) is 0 Å². The molecule has 160 valence electrons. The van der Waals surface area contributed by atoms with Gasteiger partial charge in [-0.1, -0.05) is 17.7 Å². The Morgan fingerprint density at radius 1 is 1.03 bits per heavy atom. The number of hydrazone groups is 1. The van der Waals surface area contributed by atoms with E-state index in [1.54, 1.807) is 32.7 Å². The molecule has 0 unspecified atom stereocenters. The van der Waals surface area contributed by atoms with E-state index in [1.165, 1.54) is 0 Å². The molecule has 0 fully saturated rings. The number of hydrogen-bond donors (Lipinski definition) is 0. The summed E-state index contributed by atoms with van der Waals surface area (Å²) >= 11 is 8.00. The molecule has 6 nitrogen and oxygen atoms in total. The quantitative estimate of drug-likeness (QED) is 0.495. The molecule has 8 heteroatoms. The lowest BCUT2D eigenvalue weighted by Gasteiger charge is -2.38. The molecule has 31 heavy (non-hydrogen) atoms. The molecule has 0 saturated carbocycles. The maximum Gasteiger partial charge on any atom is 0.217 e. The second kappa shape index (κ2) is 7.98. The van der Waals surface area contributed by atoms with Crippen molar-refractivity contribution in [2.75, 3.05) is 21.3 Å². The van der Waals surface area contributed by atoms with E-state index in [4.69, 9.17) is 35.6 Å². The fourth-order valence-electron chi connectivity index (χ4n) is 4.17. The molecule has 5 rings (SSSR count). The van der Waals surface area contributed by atoms with Crippen molar-refractivity contribution in [3.8, 4) is 23.0 Å². The van der Waals surface area contributed by atoms with Crippen LogP contribution in [0.4, 0.5) is 0 Å². The van der Waals surface area contributed by atoms with Crippen LogP contribution in [0.2, 0.25) is 5.02 Å². The van der Waals surface area contributed by atoms with Crippen LogP contribution >= 0.6 is 22.9 Å². The first-order chi connectivity index (χ1) is 15.1. The lowest BCUT2D eigenvalue weighted by molar-refractivity contribution is -0.0205. The van der Waals surface area contributed by atoms with Crippen LogP contribution in [0.25, 0.3) is 0 Å². The Morgan fingerprint density at radius 3 is 2.58 bits per heavy atom. The molecule has 0 saturated heterocycles. The third-order valence-electron chi connectivity index (χ3n) is 5.56. The van der Waals surface area contributed by atoms with Gasteiger partial charge in [0.15, 0.2) is 11.5 Å². The lowest BCUT2D eigenvalue weighted by atomic mass is 9.97. The van der Waals surface area contributed by atoms with E-state index in [2.05, 4.69) is 11.4 Å². The van der Waals surface area contributed by atoms with Gasteiger partial charge >= 0.3 is 0 Å². The zero-order valence-electron chi connectivity index (χ0n) is 17.3. The van der Waals surface area contributed by atoms with Crippen molar-refractivity contribution >= 4 is 28.6 Å². The van der Waals surface area contributed by atoms with Crippen LogP contribution in [0.5, 0.6) is 23.0 Å². The summed E-state index contributed by atoms with van der Waals surface area (Å²) in [7, 11) is 4.80. The molecule has 2 aromatic carbocycles. The molecule has 2 aliphatic rings. The smallest absolute Gasteiger partial charge is 0.217 e. The largest absolute Gasteiger partial charge is 0.493 e. The molecule has 0 N–H and O–H groups in total. The molecule has 0 amide bonds. The minimum Gasteiger partial charge on any atom is -0.493 e. The maximum atomic E-state index is 6.46. The Bertz CT molecular complexity index is 1150. The number of hydrogen-bond acceptors (Lipinski definition) is 7. The van der Waals surface area contributed by atoms with Crippen molar-refractivity contribution in [2.24, 2.45) is 5.10 Å². The molecule has 0 aliphatic carbocycles. The number of ether oxygens (including phenoxy) is 4. The lowest BCUT2D eigenvalue weighted by Crippen LogP contribution is -2.34. The minimum atomic E-state index is -0.495. The van der Waals surface area contributed by atoms with Gasteiger partial charge in [-0.25, -0.2) is 5.01 Å². The van der Waals surface area contributed by atoms with Crippen LogP contribution < -0.4 is 18.9 Å². The third-order valence-corrected chi connectivity index (χ3v) is 6.71. The number of methoxy groups -OCH3 is 3. The molecule has 0 radical (unpaired) electrons. The van der Waals surface area contributed by atoms with E-state index < -0.39 is 6.23 Å². The van der Waals surface area contributed by atoms with E-state index in [0.717, 1.165) is 33.9 Å². The summed E-state index contributed by atoms with van der Waals surface area (Å²) < 4.78 is 23.2. The van der Waals surface area contributed by atoms with Gasteiger partial charge in [0.1, 0.15) is 5.75 Å². The fourth-order valence-corrected chi connectivity index (χ4v) is 5.08. The first kappa shape index (κ1) is 20.0. The molecular weight excluding hydrogens is 436 g/mol. The summed E-state index contributed by atoms with van der Waals surface area (Å²) in [4.78, 5) is 1.15. The van der Waals surface area contributed by atoms with Gasteiger partial charge in [0.2, 0.25) is 12.0 Å². The molecule has 0 bridgehead atoms. The van der Waals surface area contributed by atoms with Gasteiger partial charge < -0.3 is 18.9 Å². The topological polar surface area (TPSA) is 52.5 Å². The third kappa shape index (κ3) is 3.28. The molecule has 2 aliphatic heterocycles. The second-order valence-electron chi connectivity index (χ2n) is 7.20. The predicted octanol–water partition coefficient (Wildman–Crippen LogP) is 5.67. The van der Waals surface area contributed by atoms with Gasteiger partial charge in [0.05, 0.1) is 43.5 Å². The average molecular weight is 457 g/mol. The Balaban J connectivity index is 1.66. The van der Waals surface area contributed by atoms with Gasteiger partial charge in [0, 0.05) is 17.0 Å². The first-order valence-corrected chi connectivity index (χ1v) is 11.0. The SMILES string of the molecule is COc1ccc([C@H]2Oc3ccc(Cl)cc3[C@@H]3CC(c4cccs4)=NN23)c(OC)c1OC. The summed E-state index contributed by atoms with van der Waals surface area (Å²) in [5.41, 5.74) is 2.86. The number of fused-ring (bicyclic) bond motifs is 3. The van der Waals surface area contributed by atoms with Gasteiger partial charge in [-0.15, -0.1) is 11.3 Å². The summed E-state index contributed by atoms with van der Waals surface area (Å²) in [6, 6.07) is 13.6. The molecule has 3 aromatic rings. The van der Waals surface area contributed by atoms with E-state index in [-0.39, 0.29) is 6.04 Å². The number of nitrogens with zero attached hydrogens (tertiary/aromatic N) is 2. The molecular formula is C23H21ClN2O4S. The second-order valence-corrected chi connectivity index (χ2v) is 8.58. The molecule has 3 heterocycles. The summed E-state index contributed by atoms with van der Waals surface area (Å²) in [5, 5.41) is 9.71. The Kier molecular flexibility index (Phi) is 5.16. The summed E-state index contributed by atoms with van der Waals surface area (Å²) in [5.74, 6) is 2.45. The normalized spacial score (nSPS) is 19.2. The van der Waals surface area contributed by atoms with E-state index >= 15 is 0 Å². The zero-order chi connectivity index (χ0) is 21.5. The van der Waals surface area contributed by atoms with Crippen molar-refractivity contribution in [2.45, 2.75) is 18.7 Å². The fraction of sp³-hybridized carbons (Fsp3) is 0.261. The van der Waals surface area contributed by atoms with Crippen LogP contribution in [-0.4, -0.2) is 32.0 Å². The maximum absolute atomic E-state index is 6.46. The van der Waals surface area contributed by atoms with Gasteiger partial charge in [0.25, 0.3) is 0 Å². The van der Waals surface area contributed by atoms with E-state index in [0.29, 0.717) is 22.3 Å².